The van der Waals surface area contributed by atoms with Gasteiger partial charge in [-0.25, -0.2) is 0 Å². The molecule has 1 aromatic heterocycles. The highest BCUT2D eigenvalue weighted by Gasteiger charge is 2.22. The fourth-order valence-electron chi connectivity index (χ4n) is 1.01. The molecule has 1 heterocycles. The van der Waals surface area contributed by atoms with Gasteiger partial charge in [-0.15, -0.1) is 0 Å². The first kappa shape index (κ1) is 12.7. The Bertz CT molecular complexity index is 367. The van der Waals surface area contributed by atoms with E-state index in [0.717, 1.165) is 0 Å². The standard InChI is InChI=1S/C10H12F4N2/c1-4(2)5(3)15-8-6(11)9(13)16-10(14)7(8)12/h4-5H,1-3H3,(H,15,16)/t5-/m0/s1. The van der Waals surface area contributed by atoms with Crippen molar-refractivity contribution in [2.75, 3.05) is 5.32 Å². The number of pyridine rings is 1. The molecule has 1 atom stereocenters. The Kier molecular flexibility index (Phi) is 3.72. The van der Waals surface area contributed by atoms with Crippen LogP contribution in [0.2, 0.25) is 0 Å². The number of hydrogen-bond acceptors (Lipinski definition) is 2. The number of rotatable bonds is 3. The van der Waals surface area contributed by atoms with Crippen molar-refractivity contribution in [3.63, 3.8) is 0 Å². The molecule has 1 rings (SSSR count). The Balaban J connectivity index is 3.12. The Morgan fingerprint density at radius 1 is 0.938 bits per heavy atom. The summed E-state index contributed by atoms with van der Waals surface area (Å²) in [5, 5.41) is 2.39. The molecule has 0 amide bonds. The van der Waals surface area contributed by atoms with Crippen molar-refractivity contribution in [3.05, 3.63) is 23.5 Å². The van der Waals surface area contributed by atoms with Crippen LogP contribution in [0.3, 0.4) is 0 Å². The van der Waals surface area contributed by atoms with E-state index in [1.54, 1.807) is 20.8 Å². The summed E-state index contributed by atoms with van der Waals surface area (Å²) >= 11 is 0. The lowest BCUT2D eigenvalue weighted by molar-refractivity contribution is 0.408. The van der Waals surface area contributed by atoms with Crippen LogP contribution < -0.4 is 5.32 Å². The van der Waals surface area contributed by atoms with Crippen LogP contribution in [0, 0.1) is 29.4 Å². The molecular formula is C10H12F4N2. The Hall–Kier alpha value is -1.33. The molecule has 0 aliphatic heterocycles. The van der Waals surface area contributed by atoms with Gasteiger partial charge in [0.1, 0.15) is 5.69 Å². The smallest absolute Gasteiger partial charge is 0.253 e. The van der Waals surface area contributed by atoms with Crippen molar-refractivity contribution in [2.45, 2.75) is 26.8 Å². The Morgan fingerprint density at radius 2 is 1.38 bits per heavy atom. The third-order valence-electron chi connectivity index (χ3n) is 2.37. The largest absolute Gasteiger partial charge is 0.377 e. The predicted octanol–water partition coefficient (Wildman–Crippen LogP) is 3.09. The van der Waals surface area contributed by atoms with Crippen molar-refractivity contribution in [1.29, 1.82) is 0 Å². The Morgan fingerprint density at radius 3 is 1.75 bits per heavy atom. The second-order valence-electron chi connectivity index (χ2n) is 3.87. The molecule has 0 saturated heterocycles. The first-order valence-electron chi connectivity index (χ1n) is 4.81. The van der Waals surface area contributed by atoms with Crippen molar-refractivity contribution >= 4 is 5.69 Å². The first-order chi connectivity index (χ1) is 7.34. The fourth-order valence-corrected chi connectivity index (χ4v) is 1.01. The van der Waals surface area contributed by atoms with Crippen LogP contribution in [0.25, 0.3) is 0 Å². The van der Waals surface area contributed by atoms with Crippen LogP contribution in [0.5, 0.6) is 0 Å². The summed E-state index contributed by atoms with van der Waals surface area (Å²) in [7, 11) is 0. The molecule has 6 heteroatoms. The number of anilines is 1. The van der Waals surface area contributed by atoms with Gasteiger partial charge < -0.3 is 5.32 Å². The summed E-state index contributed by atoms with van der Waals surface area (Å²) < 4.78 is 51.8. The van der Waals surface area contributed by atoms with E-state index in [2.05, 4.69) is 10.3 Å². The van der Waals surface area contributed by atoms with Gasteiger partial charge in [0.05, 0.1) is 0 Å². The number of nitrogens with one attached hydrogen (secondary N) is 1. The number of hydrogen-bond donors (Lipinski definition) is 1. The van der Waals surface area contributed by atoms with E-state index >= 15 is 0 Å². The van der Waals surface area contributed by atoms with Gasteiger partial charge in [-0.2, -0.15) is 22.5 Å². The second kappa shape index (κ2) is 4.67. The van der Waals surface area contributed by atoms with E-state index in [1.807, 2.05) is 0 Å². The highest BCUT2D eigenvalue weighted by molar-refractivity contribution is 5.46. The molecule has 0 aromatic carbocycles. The van der Waals surface area contributed by atoms with E-state index in [-0.39, 0.29) is 12.0 Å². The highest BCUT2D eigenvalue weighted by atomic mass is 19.2. The molecule has 0 saturated carbocycles. The summed E-state index contributed by atoms with van der Waals surface area (Å²) in [6.45, 7) is 5.27. The molecule has 1 N–H and O–H groups in total. The van der Waals surface area contributed by atoms with Gasteiger partial charge in [-0.05, 0) is 12.8 Å². The van der Waals surface area contributed by atoms with E-state index in [9.17, 15) is 17.6 Å². The maximum atomic E-state index is 13.2. The van der Waals surface area contributed by atoms with Crippen LogP contribution >= 0.6 is 0 Å². The fraction of sp³-hybridized carbons (Fsp3) is 0.500. The second-order valence-corrected chi connectivity index (χ2v) is 3.87. The average Bonchev–Trinajstić information content (AvgIpc) is 2.21. The van der Waals surface area contributed by atoms with Crippen molar-refractivity contribution in [1.82, 2.24) is 4.98 Å². The lowest BCUT2D eigenvalue weighted by Gasteiger charge is -2.19. The van der Waals surface area contributed by atoms with Gasteiger partial charge in [0.25, 0.3) is 11.9 Å². The molecule has 0 spiro atoms. The number of aromatic nitrogens is 1. The van der Waals surface area contributed by atoms with Gasteiger partial charge in [0.2, 0.25) is 11.6 Å². The summed E-state index contributed by atoms with van der Waals surface area (Å²) in [5.41, 5.74) is -0.814. The van der Waals surface area contributed by atoms with Crippen LogP contribution in [0.4, 0.5) is 23.2 Å². The van der Waals surface area contributed by atoms with Gasteiger partial charge >= 0.3 is 0 Å². The van der Waals surface area contributed by atoms with E-state index in [0.29, 0.717) is 0 Å². The molecule has 0 aliphatic rings. The maximum absolute atomic E-state index is 13.2. The molecular weight excluding hydrogens is 224 g/mol. The van der Waals surface area contributed by atoms with Gasteiger partial charge in [0, 0.05) is 6.04 Å². The van der Waals surface area contributed by atoms with Crippen molar-refractivity contribution in [2.24, 2.45) is 5.92 Å². The van der Waals surface area contributed by atoms with Crippen molar-refractivity contribution < 1.29 is 17.6 Å². The molecule has 0 unspecified atom stereocenters. The van der Waals surface area contributed by atoms with Crippen molar-refractivity contribution in [3.8, 4) is 0 Å². The summed E-state index contributed by atoms with van der Waals surface area (Å²) in [5.74, 6) is -6.27. The lowest BCUT2D eigenvalue weighted by atomic mass is 10.1. The van der Waals surface area contributed by atoms with Gasteiger partial charge in [-0.1, -0.05) is 13.8 Å². The average molecular weight is 236 g/mol. The van der Waals surface area contributed by atoms with Gasteiger partial charge in [0.15, 0.2) is 0 Å². The topological polar surface area (TPSA) is 24.9 Å². The number of nitrogens with zero attached hydrogens (tertiary/aromatic N) is 1. The minimum absolute atomic E-state index is 0.0538. The minimum atomic E-state index is -1.66. The summed E-state index contributed by atoms with van der Waals surface area (Å²) in [6, 6.07) is -0.329. The molecule has 0 radical (unpaired) electrons. The van der Waals surface area contributed by atoms with E-state index in [1.165, 1.54) is 0 Å². The molecule has 16 heavy (non-hydrogen) atoms. The number of halogens is 4. The van der Waals surface area contributed by atoms with Crippen LogP contribution in [0.1, 0.15) is 20.8 Å². The van der Waals surface area contributed by atoms with Crippen LogP contribution in [-0.2, 0) is 0 Å². The lowest BCUT2D eigenvalue weighted by Crippen LogP contribution is -2.24. The SMILES string of the molecule is CC(C)[C@H](C)Nc1c(F)c(F)nc(F)c1F. The van der Waals surface area contributed by atoms with E-state index in [4.69, 9.17) is 0 Å². The monoisotopic (exact) mass is 236 g/mol. The molecule has 2 nitrogen and oxygen atoms in total. The minimum Gasteiger partial charge on any atom is -0.377 e. The van der Waals surface area contributed by atoms with E-state index < -0.39 is 29.2 Å². The van der Waals surface area contributed by atoms with Gasteiger partial charge in [-0.3, -0.25) is 0 Å². The zero-order valence-electron chi connectivity index (χ0n) is 9.11. The molecule has 0 fully saturated rings. The predicted molar refractivity (Wildman–Crippen MR) is 52.0 cm³/mol. The Labute approximate surface area is 90.7 Å². The third kappa shape index (κ3) is 2.43. The summed E-state index contributed by atoms with van der Waals surface area (Å²) in [6.07, 6.45) is 0. The zero-order valence-corrected chi connectivity index (χ0v) is 9.11. The molecule has 1 aromatic rings. The quantitative estimate of drug-likeness (QED) is 0.644. The maximum Gasteiger partial charge on any atom is 0.253 e. The van der Waals surface area contributed by atoms with Crippen LogP contribution in [-0.4, -0.2) is 11.0 Å². The normalized spacial score (nSPS) is 13.0. The highest BCUT2D eigenvalue weighted by Crippen LogP contribution is 2.23. The zero-order chi connectivity index (χ0) is 12.5. The third-order valence-corrected chi connectivity index (χ3v) is 2.37. The van der Waals surface area contributed by atoms with Crippen LogP contribution in [0.15, 0.2) is 0 Å². The molecule has 0 aliphatic carbocycles. The first-order valence-corrected chi connectivity index (χ1v) is 4.81. The molecule has 0 bridgehead atoms. The molecule has 90 valence electrons. The summed E-state index contributed by atoms with van der Waals surface area (Å²) in [4.78, 5) is 2.46.